The van der Waals surface area contributed by atoms with E-state index < -0.39 is 5.82 Å². The van der Waals surface area contributed by atoms with Crippen molar-refractivity contribution in [3.8, 4) is 5.75 Å². The summed E-state index contributed by atoms with van der Waals surface area (Å²) in [5.74, 6) is 1.06. The SMILES string of the molecule is C=CCn1c(COc2cc(C)ccc2C(C)C)nnc1SCC(=O)Nc1ccccc1F. The Morgan fingerprint density at radius 2 is 2.06 bits per heavy atom. The number of para-hydroxylation sites is 1. The van der Waals surface area contributed by atoms with Crippen LogP contribution in [-0.4, -0.2) is 26.4 Å². The summed E-state index contributed by atoms with van der Waals surface area (Å²) >= 11 is 1.22. The number of carbonyl (C=O) groups is 1. The number of aryl methyl sites for hydroxylation is 1. The summed E-state index contributed by atoms with van der Waals surface area (Å²) in [6.07, 6.45) is 1.74. The number of anilines is 1. The predicted octanol–water partition coefficient (Wildman–Crippen LogP) is 5.34. The second kappa shape index (κ2) is 10.9. The average molecular weight is 455 g/mol. The molecule has 0 bridgehead atoms. The number of rotatable bonds is 10. The summed E-state index contributed by atoms with van der Waals surface area (Å²) in [4.78, 5) is 12.3. The van der Waals surface area contributed by atoms with E-state index in [0.29, 0.717) is 23.4 Å². The van der Waals surface area contributed by atoms with Crippen LogP contribution in [-0.2, 0) is 17.9 Å². The van der Waals surface area contributed by atoms with Gasteiger partial charge >= 0.3 is 0 Å². The van der Waals surface area contributed by atoms with Crippen LogP contribution in [0.15, 0.2) is 60.3 Å². The van der Waals surface area contributed by atoms with Gasteiger partial charge in [-0.1, -0.05) is 56.0 Å². The van der Waals surface area contributed by atoms with Gasteiger partial charge in [-0.25, -0.2) is 4.39 Å². The number of hydrogen-bond donors (Lipinski definition) is 1. The van der Waals surface area contributed by atoms with Gasteiger partial charge in [-0.05, 0) is 42.2 Å². The molecule has 0 spiro atoms. The van der Waals surface area contributed by atoms with Gasteiger partial charge in [0.15, 0.2) is 11.0 Å². The van der Waals surface area contributed by atoms with Gasteiger partial charge in [-0.3, -0.25) is 9.36 Å². The molecule has 1 amide bonds. The zero-order chi connectivity index (χ0) is 23.1. The van der Waals surface area contributed by atoms with Crippen molar-refractivity contribution in [2.45, 2.75) is 45.0 Å². The van der Waals surface area contributed by atoms with Crippen molar-refractivity contribution in [2.24, 2.45) is 0 Å². The van der Waals surface area contributed by atoms with E-state index in [1.165, 1.54) is 23.9 Å². The molecule has 0 aliphatic carbocycles. The number of nitrogens with one attached hydrogen (secondary N) is 1. The van der Waals surface area contributed by atoms with E-state index in [1.807, 2.05) is 17.6 Å². The van der Waals surface area contributed by atoms with E-state index in [4.69, 9.17) is 4.74 Å². The van der Waals surface area contributed by atoms with Gasteiger partial charge in [-0.2, -0.15) is 0 Å². The minimum atomic E-state index is -0.475. The monoisotopic (exact) mass is 454 g/mol. The topological polar surface area (TPSA) is 69.0 Å². The summed E-state index contributed by atoms with van der Waals surface area (Å²) in [6, 6.07) is 12.2. The van der Waals surface area contributed by atoms with Gasteiger partial charge in [0, 0.05) is 6.54 Å². The Labute approximate surface area is 191 Å². The molecule has 0 atom stereocenters. The van der Waals surface area contributed by atoms with Crippen LogP contribution >= 0.6 is 11.8 Å². The zero-order valence-corrected chi connectivity index (χ0v) is 19.3. The molecular formula is C24H27FN4O2S. The molecule has 8 heteroatoms. The summed E-state index contributed by atoms with van der Waals surface area (Å²) in [6.45, 7) is 10.8. The first-order chi connectivity index (χ1) is 15.4. The minimum absolute atomic E-state index is 0.0693. The molecule has 1 N–H and O–H groups in total. The van der Waals surface area contributed by atoms with Gasteiger partial charge in [0.1, 0.15) is 18.2 Å². The smallest absolute Gasteiger partial charge is 0.234 e. The first-order valence-electron chi connectivity index (χ1n) is 10.3. The zero-order valence-electron chi connectivity index (χ0n) is 18.5. The van der Waals surface area contributed by atoms with Crippen molar-refractivity contribution >= 4 is 23.4 Å². The van der Waals surface area contributed by atoms with E-state index in [1.54, 1.807) is 18.2 Å². The maximum atomic E-state index is 13.7. The van der Waals surface area contributed by atoms with Crippen LogP contribution < -0.4 is 10.1 Å². The lowest BCUT2D eigenvalue weighted by Crippen LogP contribution is -2.15. The number of carbonyl (C=O) groups excluding carboxylic acids is 1. The summed E-state index contributed by atoms with van der Waals surface area (Å²) in [7, 11) is 0. The van der Waals surface area contributed by atoms with Crippen molar-refractivity contribution < 1.29 is 13.9 Å². The molecule has 1 aromatic heterocycles. The molecule has 168 valence electrons. The number of allylic oxidation sites excluding steroid dienone is 1. The third-order valence-electron chi connectivity index (χ3n) is 4.73. The molecule has 3 rings (SSSR count). The Morgan fingerprint density at radius 3 is 2.78 bits per heavy atom. The highest BCUT2D eigenvalue weighted by atomic mass is 32.2. The Balaban J connectivity index is 1.68. The fourth-order valence-electron chi connectivity index (χ4n) is 3.11. The van der Waals surface area contributed by atoms with Crippen molar-refractivity contribution in [1.82, 2.24) is 14.8 Å². The lowest BCUT2D eigenvalue weighted by Gasteiger charge is -2.15. The van der Waals surface area contributed by atoms with Crippen LogP contribution in [0.2, 0.25) is 0 Å². The van der Waals surface area contributed by atoms with Crippen LogP contribution in [0, 0.1) is 12.7 Å². The Kier molecular flexibility index (Phi) is 8.05. The summed E-state index contributed by atoms with van der Waals surface area (Å²) in [5.41, 5.74) is 2.40. The maximum absolute atomic E-state index is 13.7. The highest BCUT2D eigenvalue weighted by Gasteiger charge is 2.16. The number of amides is 1. The number of thioether (sulfide) groups is 1. The largest absolute Gasteiger partial charge is 0.485 e. The molecular weight excluding hydrogens is 427 g/mol. The number of benzene rings is 2. The first kappa shape index (κ1) is 23.5. The average Bonchev–Trinajstić information content (AvgIpc) is 3.14. The maximum Gasteiger partial charge on any atom is 0.234 e. The molecule has 1 heterocycles. The Bertz CT molecular complexity index is 1100. The van der Waals surface area contributed by atoms with Crippen LogP contribution in [0.4, 0.5) is 10.1 Å². The minimum Gasteiger partial charge on any atom is -0.485 e. The number of ether oxygens (including phenoxy) is 1. The lowest BCUT2D eigenvalue weighted by atomic mass is 10.0. The number of nitrogens with zero attached hydrogens (tertiary/aromatic N) is 3. The van der Waals surface area contributed by atoms with Crippen molar-refractivity contribution in [2.75, 3.05) is 11.1 Å². The molecule has 3 aromatic rings. The van der Waals surface area contributed by atoms with Crippen molar-refractivity contribution in [3.05, 3.63) is 77.9 Å². The van der Waals surface area contributed by atoms with Gasteiger partial charge in [0.2, 0.25) is 5.91 Å². The molecule has 0 saturated carbocycles. The molecule has 0 radical (unpaired) electrons. The molecule has 6 nitrogen and oxygen atoms in total. The van der Waals surface area contributed by atoms with E-state index in [-0.39, 0.29) is 24.0 Å². The van der Waals surface area contributed by atoms with Crippen molar-refractivity contribution in [1.29, 1.82) is 0 Å². The molecule has 0 aliphatic heterocycles. The Hall–Kier alpha value is -3.13. The van der Waals surface area contributed by atoms with Gasteiger partial charge in [0.05, 0.1) is 11.4 Å². The fraction of sp³-hybridized carbons (Fsp3) is 0.292. The van der Waals surface area contributed by atoms with Gasteiger partial charge in [-0.15, -0.1) is 16.8 Å². The third-order valence-corrected chi connectivity index (χ3v) is 5.70. The molecule has 0 aliphatic rings. The fourth-order valence-corrected chi connectivity index (χ4v) is 3.88. The number of hydrogen-bond acceptors (Lipinski definition) is 5. The molecule has 2 aromatic carbocycles. The van der Waals surface area contributed by atoms with Crippen LogP contribution in [0.1, 0.15) is 36.7 Å². The predicted molar refractivity (Wildman–Crippen MR) is 126 cm³/mol. The molecule has 0 fully saturated rings. The third kappa shape index (κ3) is 5.97. The standard InChI is InChI=1S/C24H27FN4O2S/c1-5-12-29-22(14-31-21-13-17(4)10-11-18(21)16(2)3)27-28-24(29)32-15-23(30)26-20-9-7-6-8-19(20)25/h5-11,13,16H,1,12,14-15H2,2-4H3,(H,26,30). The first-order valence-corrected chi connectivity index (χ1v) is 11.3. The quantitative estimate of drug-likeness (QED) is 0.331. The number of aromatic nitrogens is 3. The number of halogens is 1. The van der Waals surface area contributed by atoms with Crippen LogP contribution in [0.25, 0.3) is 0 Å². The summed E-state index contributed by atoms with van der Waals surface area (Å²) in [5, 5.41) is 11.6. The van der Waals surface area contributed by atoms with E-state index >= 15 is 0 Å². The van der Waals surface area contributed by atoms with Crippen molar-refractivity contribution in [3.63, 3.8) is 0 Å². The lowest BCUT2D eigenvalue weighted by molar-refractivity contribution is -0.113. The second-order valence-electron chi connectivity index (χ2n) is 7.60. The highest BCUT2D eigenvalue weighted by molar-refractivity contribution is 7.99. The van der Waals surface area contributed by atoms with Crippen LogP contribution in [0.5, 0.6) is 5.75 Å². The molecule has 0 saturated heterocycles. The van der Waals surface area contributed by atoms with E-state index in [9.17, 15) is 9.18 Å². The highest BCUT2D eigenvalue weighted by Crippen LogP contribution is 2.28. The second-order valence-corrected chi connectivity index (χ2v) is 8.54. The van der Waals surface area contributed by atoms with Gasteiger partial charge < -0.3 is 10.1 Å². The van der Waals surface area contributed by atoms with Crippen LogP contribution in [0.3, 0.4) is 0 Å². The van der Waals surface area contributed by atoms with E-state index in [0.717, 1.165) is 16.9 Å². The molecule has 0 unspecified atom stereocenters. The summed E-state index contributed by atoms with van der Waals surface area (Å²) < 4.78 is 21.7. The molecule has 32 heavy (non-hydrogen) atoms. The van der Waals surface area contributed by atoms with Gasteiger partial charge in [0.25, 0.3) is 0 Å². The normalized spacial score (nSPS) is 10.9. The Morgan fingerprint density at radius 1 is 1.28 bits per heavy atom. The van der Waals surface area contributed by atoms with E-state index in [2.05, 4.69) is 48.1 Å².